The summed E-state index contributed by atoms with van der Waals surface area (Å²) in [6.07, 6.45) is 1.60. The fourth-order valence-corrected chi connectivity index (χ4v) is 1.67. The van der Waals surface area contributed by atoms with Gasteiger partial charge in [0, 0.05) is 18.8 Å². The zero-order chi connectivity index (χ0) is 12.3. The maximum absolute atomic E-state index is 5.52. The molecule has 0 radical (unpaired) electrons. The van der Waals surface area contributed by atoms with E-state index in [0.717, 1.165) is 17.9 Å². The van der Waals surface area contributed by atoms with Gasteiger partial charge in [0.15, 0.2) is 0 Å². The number of benzene rings is 1. The van der Waals surface area contributed by atoms with Gasteiger partial charge in [-0.1, -0.05) is 17.7 Å². The molecule has 0 fully saturated rings. The van der Waals surface area contributed by atoms with Crippen molar-refractivity contribution >= 4 is 11.7 Å². The van der Waals surface area contributed by atoms with E-state index in [1.54, 1.807) is 6.26 Å². The molecule has 0 unspecified atom stereocenters. The minimum Gasteiger partial charge on any atom is -0.431 e. The highest BCUT2D eigenvalue weighted by Crippen LogP contribution is 2.24. The second-order valence-electron chi connectivity index (χ2n) is 3.91. The molecule has 2 rings (SSSR count). The number of aromatic nitrogens is 1. The van der Waals surface area contributed by atoms with Crippen molar-refractivity contribution < 1.29 is 4.42 Å². The Morgan fingerprint density at radius 1 is 1.29 bits per heavy atom. The van der Waals surface area contributed by atoms with Crippen LogP contribution in [0.5, 0.6) is 0 Å². The summed E-state index contributed by atoms with van der Waals surface area (Å²) in [5, 5.41) is 0. The van der Waals surface area contributed by atoms with Crippen molar-refractivity contribution in [2.75, 3.05) is 11.4 Å². The highest BCUT2D eigenvalue weighted by molar-refractivity contribution is 5.56. The summed E-state index contributed by atoms with van der Waals surface area (Å²) in [6, 6.07) is 8.86. The number of rotatable bonds is 4. The summed E-state index contributed by atoms with van der Waals surface area (Å²) in [7, 11) is 0. The van der Waals surface area contributed by atoms with Gasteiger partial charge in [0.2, 0.25) is 0 Å². The molecule has 0 spiro atoms. The fourth-order valence-electron chi connectivity index (χ4n) is 1.67. The highest BCUT2D eigenvalue weighted by atomic mass is 16.4. The van der Waals surface area contributed by atoms with Gasteiger partial charge in [-0.3, -0.25) is 4.90 Å². The molecule has 0 bridgehead atoms. The van der Waals surface area contributed by atoms with E-state index < -0.39 is 0 Å². The number of anilines is 2. The van der Waals surface area contributed by atoms with E-state index >= 15 is 0 Å². The largest absolute Gasteiger partial charge is 0.431 e. The average Bonchev–Trinajstić information content (AvgIpc) is 2.81. The van der Waals surface area contributed by atoms with Crippen LogP contribution in [-0.4, -0.2) is 11.5 Å². The zero-order valence-electron chi connectivity index (χ0n) is 10.2. The smallest absolute Gasteiger partial charge is 0.302 e. The number of hydrogen-bond donors (Lipinski definition) is 1. The van der Waals surface area contributed by atoms with Crippen LogP contribution < -0.4 is 10.6 Å². The molecule has 0 amide bonds. The van der Waals surface area contributed by atoms with Gasteiger partial charge in [-0.25, -0.2) is 0 Å². The summed E-state index contributed by atoms with van der Waals surface area (Å²) in [4.78, 5) is 6.35. The minimum absolute atomic E-state index is 0.398. The monoisotopic (exact) mass is 231 g/mol. The van der Waals surface area contributed by atoms with Crippen LogP contribution in [0.15, 0.2) is 34.9 Å². The Labute approximate surface area is 101 Å². The molecule has 17 heavy (non-hydrogen) atoms. The topological polar surface area (TPSA) is 55.3 Å². The Bertz CT molecular complexity index is 476. The second kappa shape index (κ2) is 5.01. The molecular weight excluding hydrogens is 214 g/mol. The number of aryl methyl sites for hydroxylation is 1. The van der Waals surface area contributed by atoms with Crippen LogP contribution in [0.1, 0.15) is 18.2 Å². The van der Waals surface area contributed by atoms with E-state index in [1.165, 1.54) is 5.56 Å². The molecule has 0 aliphatic rings. The van der Waals surface area contributed by atoms with Crippen LogP contribution in [0.2, 0.25) is 0 Å². The Balaban J connectivity index is 2.29. The van der Waals surface area contributed by atoms with Gasteiger partial charge in [-0.15, -0.1) is 0 Å². The normalized spacial score (nSPS) is 10.5. The van der Waals surface area contributed by atoms with Crippen LogP contribution in [-0.2, 0) is 6.54 Å². The number of nitrogens with zero attached hydrogens (tertiary/aromatic N) is 2. The lowest BCUT2D eigenvalue weighted by Gasteiger charge is -2.18. The quantitative estimate of drug-likeness (QED) is 0.878. The van der Waals surface area contributed by atoms with Crippen LogP contribution >= 0.6 is 0 Å². The predicted octanol–water partition coefficient (Wildman–Crippen LogP) is 2.60. The van der Waals surface area contributed by atoms with Crippen molar-refractivity contribution in [2.24, 2.45) is 5.73 Å². The SMILES string of the molecule is CCN(c1ccc(C)cc1)c1nc(CN)co1. The van der Waals surface area contributed by atoms with Gasteiger partial charge in [-0.05, 0) is 26.0 Å². The summed E-state index contributed by atoms with van der Waals surface area (Å²) in [5.41, 5.74) is 8.60. The van der Waals surface area contributed by atoms with Crippen molar-refractivity contribution in [1.82, 2.24) is 4.98 Å². The van der Waals surface area contributed by atoms with E-state index in [4.69, 9.17) is 10.2 Å². The number of oxazole rings is 1. The molecule has 1 aromatic carbocycles. The second-order valence-corrected chi connectivity index (χ2v) is 3.91. The maximum atomic E-state index is 5.52. The van der Waals surface area contributed by atoms with Crippen LogP contribution in [0.4, 0.5) is 11.7 Å². The van der Waals surface area contributed by atoms with E-state index in [-0.39, 0.29) is 0 Å². The van der Waals surface area contributed by atoms with Crippen LogP contribution in [0, 0.1) is 6.92 Å². The van der Waals surface area contributed by atoms with Crippen molar-refractivity contribution in [3.8, 4) is 0 Å². The summed E-state index contributed by atoms with van der Waals surface area (Å²) in [5.74, 6) is 0. The molecule has 0 saturated carbocycles. The fraction of sp³-hybridized carbons (Fsp3) is 0.308. The van der Waals surface area contributed by atoms with Crippen molar-refractivity contribution in [3.63, 3.8) is 0 Å². The third-order valence-corrected chi connectivity index (χ3v) is 2.64. The van der Waals surface area contributed by atoms with Crippen molar-refractivity contribution in [1.29, 1.82) is 0 Å². The van der Waals surface area contributed by atoms with Crippen molar-refractivity contribution in [3.05, 3.63) is 41.8 Å². The first-order valence-electron chi connectivity index (χ1n) is 5.73. The first kappa shape index (κ1) is 11.7. The molecule has 0 aliphatic heterocycles. The van der Waals surface area contributed by atoms with Gasteiger partial charge < -0.3 is 10.2 Å². The third kappa shape index (κ3) is 2.47. The molecule has 2 aromatic rings. The lowest BCUT2D eigenvalue weighted by atomic mass is 10.2. The van der Waals surface area contributed by atoms with Gasteiger partial charge >= 0.3 is 6.01 Å². The molecular formula is C13H17N3O. The molecule has 4 nitrogen and oxygen atoms in total. The third-order valence-electron chi connectivity index (χ3n) is 2.64. The first-order valence-corrected chi connectivity index (χ1v) is 5.73. The van der Waals surface area contributed by atoms with E-state index in [0.29, 0.717) is 12.6 Å². The molecule has 2 N–H and O–H groups in total. The van der Waals surface area contributed by atoms with Crippen molar-refractivity contribution in [2.45, 2.75) is 20.4 Å². The zero-order valence-corrected chi connectivity index (χ0v) is 10.2. The predicted molar refractivity (Wildman–Crippen MR) is 68.3 cm³/mol. The number of hydrogen-bond acceptors (Lipinski definition) is 4. The molecule has 0 aliphatic carbocycles. The Kier molecular flexibility index (Phi) is 3.44. The Morgan fingerprint density at radius 3 is 2.53 bits per heavy atom. The molecule has 90 valence electrons. The Hall–Kier alpha value is -1.81. The van der Waals surface area contributed by atoms with Crippen LogP contribution in [0.25, 0.3) is 0 Å². The summed E-state index contributed by atoms with van der Waals surface area (Å²) >= 11 is 0. The molecule has 0 atom stereocenters. The van der Waals surface area contributed by atoms with Gasteiger partial charge in [0.1, 0.15) is 6.26 Å². The summed E-state index contributed by atoms with van der Waals surface area (Å²) in [6.45, 7) is 5.33. The average molecular weight is 231 g/mol. The van der Waals surface area contributed by atoms with E-state index in [1.807, 2.05) is 4.90 Å². The Morgan fingerprint density at radius 2 is 2.00 bits per heavy atom. The van der Waals surface area contributed by atoms with E-state index in [2.05, 4.69) is 43.1 Å². The van der Waals surface area contributed by atoms with Gasteiger partial charge in [-0.2, -0.15) is 4.98 Å². The summed E-state index contributed by atoms with van der Waals surface area (Å²) < 4.78 is 5.43. The maximum Gasteiger partial charge on any atom is 0.302 e. The van der Waals surface area contributed by atoms with Gasteiger partial charge in [0.05, 0.1) is 5.69 Å². The van der Waals surface area contributed by atoms with Gasteiger partial charge in [0.25, 0.3) is 0 Å². The lowest BCUT2D eigenvalue weighted by molar-refractivity contribution is 0.554. The molecule has 4 heteroatoms. The molecule has 0 saturated heterocycles. The lowest BCUT2D eigenvalue weighted by Crippen LogP contribution is -2.16. The highest BCUT2D eigenvalue weighted by Gasteiger charge is 2.12. The van der Waals surface area contributed by atoms with Crippen LogP contribution in [0.3, 0.4) is 0 Å². The minimum atomic E-state index is 0.398. The first-order chi connectivity index (χ1) is 8.24. The number of nitrogens with two attached hydrogens (primary N) is 1. The van der Waals surface area contributed by atoms with E-state index in [9.17, 15) is 0 Å². The molecule has 1 aromatic heterocycles. The molecule has 1 heterocycles. The standard InChI is InChI=1S/C13H17N3O/c1-3-16(12-6-4-10(2)5-7-12)13-15-11(8-14)9-17-13/h4-7,9H,3,8,14H2,1-2H3.